The van der Waals surface area contributed by atoms with Crippen molar-refractivity contribution >= 4 is 34.8 Å². The highest BCUT2D eigenvalue weighted by Crippen LogP contribution is 2.34. The Balaban J connectivity index is 0.938. The largest absolute Gasteiger partial charge is 0.378 e. The van der Waals surface area contributed by atoms with Gasteiger partial charge in [-0.2, -0.15) is 0 Å². The summed E-state index contributed by atoms with van der Waals surface area (Å²) in [5.74, 6) is 0.990. The van der Waals surface area contributed by atoms with E-state index in [1.165, 1.54) is 49.9 Å². The lowest BCUT2D eigenvalue weighted by Gasteiger charge is -2.40. The number of anilines is 4. The van der Waals surface area contributed by atoms with Crippen LogP contribution in [0.1, 0.15) is 89.9 Å². The molecule has 5 aliphatic rings. The Morgan fingerprint density at radius 1 is 0.519 bits per heavy atom. The Labute approximate surface area is 311 Å². The number of urea groups is 2. The minimum absolute atomic E-state index is 0.0475. The molecular weight excluding hydrogens is 652 g/mol. The van der Waals surface area contributed by atoms with Gasteiger partial charge in [0.25, 0.3) is 0 Å². The maximum Gasteiger partial charge on any atom is 0.322 e. The van der Waals surface area contributed by atoms with E-state index in [4.69, 9.17) is 9.47 Å². The van der Waals surface area contributed by atoms with E-state index in [0.29, 0.717) is 23.9 Å². The number of nitrogens with zero attached hydrogens (tertiary/aromatic N) is 4. The summed E-state index contributed by atoms with van der Waals surface area (Å²) in [6.45, 7) is 8.29. The molecule has 0 atom stereocenters. The molecule has 0 unspecified atom stereocenters. The summed E-state index contributed by atoms with van der Waals surface area (Å²) in [6, 6.07) is 17.4. The van der Waals surface area contributed by atoms with Gasteiger partial charge in [0.15, 0.2) is 0 Å². The van der Waals surface area contributed by atoms with Gasteiger partial charge >= 0.3 is 12.1 Å². The highest BCUT2D eigenvalue weighted by Gasteiger charge is 2.33. The van der Waals surface area contributed by atoms with E-state index in [1.807, 2.05) is 24.3 Å². The zero-order valence-corrected chi connectivity index (χ0v) is 31.3. The molecule has 0 aromatic heterocycles. The predicted octanol–water partition coefficient (Wildman–Crippen LogP) is 8.20. The number of carbonyl (C=O) groups excluding carboxylic acids is 2. The second kappa shape index (κ2) is 18.5. The molecule has 52 heavy (non-hydrogen) atoms. The molecule has 2 saturated heterocycles. The minimum Gasteiger partial charge on any atom is -0.378 e. The topological polar surface area (TPSA) is 89.6 Å². The fourth-order valence-electron chi connectivity index (χ4n) is 9.28. The second-order valence-electron chi connectivity index (χ2n) is 15.9. The smallest absolute Gasteiger partial charge is 0.322 e. The van der Waals surface area contributed by atoms with Crippen LogP contribution in [0.15, 0.2) is 48.5 Å². The SMILES string of the molecule is O=C(Nc1ccc(N2CCOCC2)cc1)N(CC1CCC(CN(C(=O)Nc2ccc(N3CCOCC3)cc2)C2CCCCC2)CC1)C1CCCCC1. The molecule has 7 rings (SSSR count). The van der Waals surface area contributed by atoms with Crippen LogP contribution in [0.2, 0.25) is 0 Å². The first-order chi connectivity index (χ1) is 25.6. The highest BCUT2D eigenvalue weighted by atomic mass is 16.5. The third kappa shape index (κ3) is 9.92. The van der Waals surface area contributed by atoms with Crippen LogP contribution in [-0.4, -0.2) is 99.6 Å². The van der Waals surface area contributed by atoms with Gasteiger partial charge in [0.1, 0.15) is 0 Å². The molecule has 5 fully saturated rings. The van der Waals surface area contributed by atoms with E-state index in [1.54, 1.807) is 0 Å². The van der Waals surface area contributed by atoms with Crippen LogP contribution in [-0.2, 0) is 9.47 Å². The second-order valence-corrected chi connectivity index (χ2v) is 15.9. The normalized spacial score (nSPS) is 23.5. The summed E-state index contributed by atoms with van der Waals surface area (Å²) in [5.41, 5.74) is 4.08. The van der Waals surface area contributed by atoms with Crippen LogP contribution in [0.5, 0.6) is 0 Å². The quantitative estimate of drug-likeness (QED) is 0.258. The molecule has 0 bridgehead atoms. The van der Waals surface area contributed by atoms with Crippen LogP contribution in [0.25, 0.3) is 0 Å². The fourth-order valence-corrected chi connectivity index (χ4v) is 9.28. The van der Waals surface area contributed by atoms with Crippen molar-refractivity contribution in [3.63, 3.8) is 0 Å². The van der Waals surface area contributed by atoms with Gasteiger partial charge in [0, 0.05) is 74.1 Å². The number of amides is 4. The number of hydrogen-bond acceptors (Lipinski definition) is 6. The predicted molar refractivity (Wildman–Crippen MR) is 210 cm³/mol. The Hall–Kier alpha value is -3.50. The summed E-state index contributed by atoms with van der Waals surface area (Å²) >= 11 is 0. The average molecular weight is 715 g/mol. The van der Waals surface area contributed by atoms with E-state index < -0.39 is 0 Å². The van der Waals surface area contributed by atoms with Crippen LogP contribution in [0, 0.1) is 11.8 Å². The Bertz CT molecular complexity index is 1280. The standard InChI is InChI=1S/C42H62N6O4/c49-41(43-35-15-19-37(20-16-35)45-23-27-51-28-24-45)47(39-7-3-1-4-8-39)31-33-11-13-34(14-12-33)32-48(40-9-5-2-6-10-40)42(50)44-36-17-21-38(22-18-36)46-25-29-52-30-26-46/h15-22,33-34,39-40H,1-14,23-32H2,(H,43,49)(H,44,50). The third-order valence-electron chi connectivity index (χ3n) is 12.4. The number of ether oxygens (including phenoxy) is 2. The van der Waals surface area contributed by atoms with Gasteiger partial charge in [-0.25, -0.2) is 9.59 Å². The van der Waals surface area contributed by atoms with Crippen molar-refractivity contribution < 1.29 is 19.1 Å². The summed E-state index contributed by atoms with van der Waals surface area (Å²) < 4.78 is 11.0. The first kappa shape index (κ1) is 36.8. The number of nitrogens with one attached hydrogen (secondary N) is 2. The molecule has 284 valence electrons. The number of benzene rings is 2. The van der Waals surface area contributed by atoms with Gasteiger partial charge in [-0.1, -0.05) is 38.5 Å². The molecule has 2 aliphatic heterocycles. The molecule has 0 spiro atoms. The van der Waals surface area contributed by atoms with Crippen molar-refractivity contribution in [3.8, 4) is 0 Å². The Kier molecular flexibility index (Phi) is 13.1. The van der Waals surface area contributed by atoms with Gasteiger partial charge in [0.2, 0.25) is 0 Å². The van der Waals surface area contributed by atoms with Gasteiger partial charge < -0.3 is 39.7 Å². The molecule has 10 heteroatoms. The van der Waals surface area contributed by atoms with E-state index in [2.05, 4.69) is 54.5 Å². The molecule has 3 saturated carbocycles. The fraction of sp³-hybridized carbons (Fsp3) is 0.667. The molecule has 2 aromatic rings. The number of rotatable bonds is 10. The minimum atomic E-state index is 0.0475. The van der Waals surface area contributed by atoms with E-state index in [9.17, 15) is 9.59 Å². The van der Waals surface area contributed by atoms with Crippen LogP contribution in [0.3, 0.4) is 0 Å². The van der Waals surface area contributed by atoms with Crippen molar-refractivity contribution in [2.45, 2.75) is 102 Å². The summed E-state index contributed by atoms with van der Waals surface area (Å²) in [5, 5.41) is 6.54. The number of morpholine rings is 2. The number of carbonyl (C=O) groups is 2. The summed E-state index contributed by atoms with van der Waals surface area (Å²) in [7, 11) is 0. The third-order valence-corrected chi connectivity index (χ3v) is 12.4. The lowest BCUT2D eigenvalue weighted by molar-refractivity contribution is 0.117. The molecule has 3 aliphatic carbocycles. The van der Waals surface area contributed by atoms with Crippen molar-refractivity contribution in [1.82, 2.24) is 9.80 Å². The van der Waals surface area contributed by atoms with Crippen molar-refractivity contribution in [2.75, 3.05) is 86.1 Å². The average Bonchev–Trinajstić information content (AvgIpc) is 3.21. The lowest BCUT2D eigenvalue weighted by atomic mass is 9.80. The monoisotopic (exact) mass is 714 g/mol. The van der Waals surface area contributed by atoms with Gasteiger partial charge in [-0.3, -0.25) is 0 Å². The molecule has 0 radical (unpaired) electrons. The first-order valence-corrected chi connectivity index (χ1v) is 20.6. The van der Waals surface area contributed by atoms with E-state index in [-0.39, 0.29) is 12.1 Å². The lowest BCUT2D eigenvalue weighted by Crippen LogP contribution is -2.48. The zero-order chi connectivity index (χ0) is 35.5. The van der Waals surface area contributed by atoms with E-state index in [0.717, 1.165) is 128 Å². The number of hydrogen-bond donors (Lipinski definition) is 2. The van der Waals surface area contributed by atoms with Crippen LogP contribution in [0.4, 0.5) is 32.3 Å². The van der Waals surface area contributed by atoms with Crippen molar-refractivity contribution in [3.05, 3.63) is 48.5 Å². The maximum atomic E-state index is 13.9. The van der Waals surface area contributed by atoms with Crippen LogP contribution >= 0.6 is 0 Å². The molecule has 10 nitrogen and oxygen atoms in total. The Morgan fingerprint density at radius 3 is 1.21 bits per heavy atom. The molecule has 4 amide bonds. The molecule has 2 heterocycles. The highest BCUT2D eigenvalue weighted by molar-refractivity contribution is 5.90. The van der Waals surface area contributed by atoms with Gasteiger partial charge in [-0.05, 0) is 112 Å². The van der Waals surface area contributed by atoms with Gasteiger partial charge in [0.05, 0.1) is 26.4 Å². The maximum absolute atomic E-state index is 13.9. The molecule has 2 N–H and O–H groups in total. The zero-order valence-electron chi connectivity index (χ0n) is 31.3. The molecular formula is C42H62N6O4. The first-order valence-electron chi connectivity index (χ1n) is 20.6. The van der Waals surface area contributed by atoms with Crippen molar-refractivity contribution in [2.24, 2.45) is 11.8 Å². The van der Waals surface area contributed by atoms with E-state index >= 15 is 0 Å². The van der Waals surface area contributed by atoms with Crippen LogP contribution < -0.4 is 20.4 Å². The summed E-state index contributed by atoms with van der Waals surface area (Å²) in [4.78, 5) is 36.9. The molecule has 2 aromatic carbocycles. The summed E-state index contributed by atoms with van der Waals surface area (Å²) in [6.07, 6.45) is 16.2. The Morgan fingerprint density at radius 2 is 0.865 bits per heavy atom. The van der Waals surface area contributed by atoms with Gasteiger partial charge in [-0.15, -0.1) is 0 Å². The van der Waals surface area contributed by atoms with Crippen molar-refractivity contribution in [1.29, 1.82) is 0 Å².